The lowest BCUT2D eigenvalue weighted by Crippen LogP contribution is -2.66. The molecule has 0 spiro atoms. The maximum Gasteiger partial charge on any atom is 0.302 e. The standard InChI is InChI=1S/C43H61ClFN3O3S/c1-26-13-18-43(37(50)47-21-23-48(24-22-47)38(52)46-29-9-11-32(45)31(44)25-29)20-19-41(7)30(36(43)27(26)2)10-12-34-40(6)16-15-35(51-28(3)49)39(4,5)33(40)14-17-42(34,41)8/h9-11,25-27,33-36H,12-24H2,1-8H3,(H,46,52)/t26-,27+,33+,34-,35+,36+,40+,41-,42-,43+/m1/s1. The van der Waals surface area contributed by atoms with E-state index < -0.39 is 5.82 Å². The number of nitrogens with zero attached hydrogens (tertiary/aromatic N) is 2. The van der Waals surface area contributed by atoms with Gasteiger partial charge in [0.05, 0.1) is 10.4 Å². The minimum absolute atomic E-state index is 0.0220. The van der Waals surface area contributed by atoms with Crippen LogP contribution in [0.25, 0.3) is 0 Å². The summed E-state index contributed by atoms with van der Waals surface area (Å²) in [7, 11) is 0. The van der Waals surface area contributed by atoms with E-state index in [1.165, 1.54) is 12.5 Å². The van der Waals surface area contributed by atoms with Gasteiger partial charge in [-0.05, 0) is 134 Å². The van der Waals surface area contributed by atoms with Crippen molar-refractivity contribution in [3.8, 4) is 0 Å². The smallest absolute Gasteiger partial charge is 0.302 e. The van der Waals surface area contributed by atoms with Gasteiger partial charge in [0.2, 0.25) is 5.91 Å². The van der Waals surface area contributed by atoms with Crippen molar-refractivity contribution in [2.45, 2.75) is 119 Å². The minimum atomic E-state index is -0.457. The average molecular weight is 754 g/mol. The molecule has 1 heterocycles. The molecule has 1 aromatic carbocycles. The fraction of sp³-hybridized carbons (Fsp3) is 0.744. The molecule has 286 valence electrons. The molecule has 1 aliphatic heterocycles. The maximum atomic E-state index is 15.1. The quantitative estimate of drug-likeness (QED) is 0.189. The first-order valence-corrected chi connectivity index (χ1v) is 20.9. The Labute approximate surface area is 322 Å². The summed E-state index contributed by atoms with van der Waals surface area (Å²) in [4.78, 5) is 31.5. The Kier molecular flexibility index (Phi) is 9.70. The van der Waals surface area contributed by atoms with Gasteiger partial charge in [0.1, 0.15) is 11.9 Å². The molecule has 0 bridgehead atoms. The number of esters is 1. The molecule has 9 heteroatoms. The number of amides is 1. The second-order valence-corrected chi connectivity index (χ2v) is 19.9. The van der Waals surface area contributed by atoms with Crippen LogP contribution < -0.4 is 5.32 Å². The van der Waals surface area contributed by atoms with Crippen LogP contribution in [0.1, 0.15) is 113 Å². The highest BCUT2D eigenvalue weighted by Gasteiger charge is 2.70. The van der Waals surface area contributed by atoms with E-state index in [0.717, 1.165) is 51.4 Å². The van der Waals surface area contributed by atoms with E-state index in [0.29, 0.717) is 66.6 Å². The van der Waals surface area contributed by atoms with Gasteiger partial charge in [-0.3, -0.25) is 9.59 Å². The molecule has 0 unspecified atom stereocenters. The number of benzene rings is 1. The zero-order chi connectivity index (χ0) is 37.6. The molecule has 4 saturated carbocycles. The number of hydrogen-bond acceptors (Lipinski definition) is 4. The number of nitrogens with one attached hydrogen (secondary N) is 1. The number of thiocarbonyl (C=S) groups is 1. The van der Waals surface area contributed by atoms with Crippen molar-refractivity contribution in [2.75, 3.05) is 31.5 Å². The van der Waals surface area contributed by atoms with Crippen molar-refractivity contribution in [1.82, 2.24) is 9.80 Å². The SMILES string of the molecule is CC(=O)O[C@H]1CC[C@]2(C)[C@H]3CC=C4[C@@H]5[C@@H](C)[C@H](C)CC[C@]5(C(=O)N5CCN(C(=S)Nc6ccc(F)c(Cl)c6)CC5)CC[C@@]4(C)[C@]3(C)CC[C@H]2C1(C)C. The lowest BCUT2D eigenvalue weighted by molar-refractivity contribution is -0.213. The molecule has 0 radical (unpaired) electrons. The van der Waals surface area contributed by atoms with Gasteiger partial charge in [0.15, 0.2) is 5.11 Å². The molecule has 1 aromatic rings. The van der Waals surface area contributed by atoms with Crippen LogP contribution in [0.4, 0.5) is 10.1 Å². The number of carbonyl (C=O) groups excluding carboxylic acids is 2. The van der Waals surface area contributed by atoms with Crippen molar-refractivity contribution in [2.24, 2.45) is 56.7 Å². The first-order chi connectivity index (χ1) is 24.4. The normalized spacial score (nSPS) is 41.0. The van der Waals surface area contributed by atoms with E-state index in [2.05, 4.69) is 69.7 Å². The molecule has 10 atom stereocenters. The fourth-order valence-electron chi connectivity index (χ4n) is 13.4. The van der Waals surface area contributed by atoms with Crippen molar-refractivity contribution >= 4 is 46.5 Å². The maximum absolute atomic E-state index is 15.1. The molecular weight excluding hydrogens is 693 g/mol. The van der Waals surface area contributed by atoms with Crippen LogP contribution in [0.5, 0.6) is 0 Å². The first-order valence-electron chi connectivity index (χ1n) is 20.1. The van der Waals surface area contributed by atoms with Gasteiger partial charge in [-0.15, -0.1) is 0 Å². The number of halogens is 2. The molecule has 6 nitrogen and oxygen atoms in total. The second-order valence-electron chi connectivity index (χ2n) is 19.1. The Hall–Kier alpha value is -2.19. The summed E-state index contributed by atoms with van der Waals surface area (Å²) in [6.07, 6.45) is 12.2. The molecule has 5 fully saturated rings. The minimum Gasteiger partial charge on any atom is -0.462 e. The highest BCUT2D eigenvalue weighted by molar-refractivity contribution is 7.80. The first kappa shape index (κ1) is 38.1. The van der Waals surface area contributed by atoms with Crippen molar-refractivity contribution in [3.05, 3.63) is 40.7 Å². The number of carbonyl (C=O) groups is 2. The van der Waals surface area contributed by atoms with E-state index in [4.69, 9.17) is 28.6 Å². The average Bonchev–Trinajstić information content (AvgIpc) is 3.09. The highest BCUT2D eigenvalue weighted by Crippen LogP contribution is 2.76. The van der Waals surface area contributed by atoms with E-state index >= 15 is 4.79 Å². The number of fused-ring (bicyclic) bond motifs is 7. The predicted molar refractivity (Wildman–Crippen MR) is 210 cm³/mol. The summed E-state index contributed by atoms with van der Waals surface area (Å²) < 4.78 is 19.7. The summed E-state index contributed by atoms with van der Waals surface area (Å²) in [5.41, 5.74) is 2.19. The van der Waals surface area contributed by atoms with Crippen LogP contribution in [0.2, 0.25) is 5.02 Å². The number of rotatable bonds is 3. The van der Waals surface area contributed by atoms with Crippen LogP contribution >= 0.6 is 23.8 Å². The Morgan fingerprint density at radius 3 is 2.29 bits per heavy atom. The lowest BCUT2D eigenvalue weighted by atomic mass is 9.33. The molecule has 1 N–H and O–H groups in total. The largest absolute Gasteiger partial charge is 0.462 e. The van der Waals surface area contributed by atoms with Gasteiger partial charge >= 0.3 is 5.97 Å². The highest BCUT2D eigenvalue weighted by atomic mass is 35.5. The molecule has 7 rings (SSSR count). The lowest BCUT2D eigenvalue weighted by Gasteiger charge is -2.71. The van der Waals surface area contributed by atoms with E-state index in [1.807, 2.05) is 0 Å². The van der Waals surface area contributed by atoms with Crippen LogP contribution in [-0.4, -0.2) is 59.1 Å². The van der Waals surface area contributed by atoms with Crippen molar-refractivity contribution in [1.29, 1.82) is 0 Å². The van der Waals surface area contributed by atoms with Crippen LogP contribution in [0.15, 0.2) is 29.8 Å². The van der Waals surface area contributed by atoms with Gasteiger partial charge in [0.25, 0.3) is 0 Å². The number of piperazine rings is 1. The number of allylic oxidation sites excluding steroid dienone is 2. The van der Waals surface area contributed by atoms with Gasteiger partial charge in [0, 0.05) is 44.2 Å². The van der Waals surface area contributed by atoms with Gasteiger partial charge in [-0.2, -0.15) is 0 Å². The topological polar surface area (TPSA) is 61.9 Å². The van der Waals surface area contributed by atoms with E-state index in [9.17, 15) is 9.18 Å². The Morgan fingerprint density at radius 1 is 0.923 bits per heavy atom. The molecule has 5 aliphatic carbocycles. The van der Waals surface area contributed by atoms with E-state index in [-0.39, 0.29) is 50.1 Å². The molecule has 0 aromatic heterocycles. The number of anilines is 1. The zero-order valence-electron chi connectivity index (χ0n) is 32.7. The molecule has 6 aliphatic rings. The van der Waals surface area contributed by atoms with Crippen LogP contribution in [0.3, 0.4) is 0 Å². The third kappa shape index (κ3) is 5.68. The molecule has 1 amide bonds. The number of hydrogen-bond donors (Lipinski definition) is 1. The third-order valence-electron chi connectivity index (χ3n) is 16.7. The van der Waals surface area contributed by atoms with Gasteiger partial charge in [-0.1, -0.05) is 71.7 Å². The Balaban J connectivity index is 1.13. The van der Waals surface area contributed by atoms with E-state index in [1.54, 1.807) is 24.6 Å². The second kappa shape index (κ2) is 13.2. The summed E-state index contributed by atoms with van der Waals surface area (Å²) in [5.74, 6) is 2.07. The monoisotopic (exact) mass is 753 g/mol. The Morgan fingerprint density at radius 2 is 1.62 bits per heavy atom. The summed E-state index contributed by atoms with van der Waals surface area (Å²) in [6.45, 7) is 21.5. The predicted octanol–water partition coefficient (Wildman–Crippen LogP) is 9.91. The van der Waals surface area contributed by atoms with Crippen molar-refractivity contribution < 1.29 is 18.7 Å². The van der Waals surface area contributed by atoms with Gasteiger partial charge in [-0.25, -0.2) is 4.39 Å². The fourth-order valence-corrected chi connectivity index (χ4v) is 13.9. The molecule has 1 saturated heterocycles. The van der Waals surface area contributed by atoms with Crippen molar-refractivity contribution in [3.63, 3.8) is 0 Å². The Bertz CT molecular complexity index is 1660. The number of ether oxygens (including phenoxy) is 1. The van der Waals surface area contributed by atoms with Crippen LogP contribution in [0, 0.1) is 62.5 Å². The van der Waals surface area contributed by atoms with Crippen LogP contribution in [-0.2, 0) is 14.3 Å². The zero-order valence-corrected chi connectivity index (χ0v) is 34.3. The molecule has 52 heavy (non-hydrogen) atoms. The third-order valence-corrected chi connectivity index (χ3v) is 17.3. The summed E-state index contributed by atoms with van der Waals surface area (Å²) in [6, 6.07) is 4.53. The molecular formula is C43H61ClFN3O3S. The van der Waals surface area contributed by atoms with Gasteiger partial charge < -0.3 is 19.9 Å². The summed E-state index contributed by atoms with van der Waals surface area (Å²) in [5, 5.41) is 3.84. The summed E-state index contributed by atoms with van der Waals surface area (Å²) >= 11 is 11.7.